The first kappa shape index (κ1) is 24.3. The molecule has 1 aromatic rings. The molecule has 2 fully saturated rings. The van der Waals surface area contributed by atoms with Crippen LogP contribution < -0.4 is 5.32 Å². The van der Waals surface area contributed by atoms with Crippen LogP contribution in [0.15, 0.2) is 18.2 Å². The number of alkyl carbamates (subject to hydrolysis) is 1. The number of nitrogens with zero attached hydrogens (tertiary/aromatic N) is 1. The molecule has 0 aliphatic heterocycles. The van der Waals surface area contributed by atoms with Gasteiger partial charge in [0.2, 0.25) is 5.91 Å². The first-order valence-electron chi connectivity index (χ1n) is 10.7. The second kappa shape index (κ2) is 7.92. The summed E-state index contributed by atoms with van der Waals surface area (Å²) in [6, 6.07) is 2.94. The average molecular weight is 458 g/mol. The molecular weight excluding hydrogens is 428 g/mol. The van der Waals surface area contributed by atoms with Gasteiger partial charge in [-0.25, -0.2) is 9.18 Å². The molecule has 2 aliphatic rings. The van der Waals surface area contributed by atoms with E-state index in [9.17, 15) is 27.2 Å². The minimum Gasteiger partial charge on any atom is -0.444 e. The summed E-state index contributed by atoms with van der Waals surface area (Å²) in [5.41, 5.74) is -3.64. The number of benzene rings is 1. The Morgan fingerprint density at radius 2 is 1.72 bits per heavy atom. The number of ether oxygens (including phenoxy) is 1. The average Bonchev–Trinajstić information content (AvgIpc) is 3.50. The van der Waals surface area contributed by atoms with Crippen molar-refractivity contribution in [3.63, 3.8) is 0 Å². The summed E-state index contributed by atoms with van der Waals surface area (Å²) in [5.74, 6) is -1.67. The molecule has 0 spiro atoms. The monoisotopic (exact) mass is 458 g/mol. The Labute approximate surface area is 185 Å². The van der Waals surface area contributed by atoms with Crippen molar-refractivity contribution in [2.75, 3.05) is 6.54 Å². The highest BCUT2D eigenvalue weighted by atomic mass is 19.4. The fourth-order valence-corrected chi connectivity index (χ4v) is 3.87. The lowest BCUT2D eigenvalue weighted by atomic mass is 9.96. The van der Waals surface area contributed by atoms with Crippen LogP contribution in [0.4, 0.5) is 22.4 Å². The zero-order chi connectivity index (χ0) is 24.1. The molecule has 178 valence electrons. The number of alkyl halides is 3. The normalized spacial score (nSPS) is 18.2. The minimum absolute atomic E-state index is 0.0836. The van der Waals surface area contributed by atoms with Crippen LogP contribution in [-0.2, 0) is 21.2 Å². The maximum atomic E-state index is 13.9. The van der Waals surface area contributed by atoms with Gasteiger partial charge in [0.25, 0.3) is 0 Å². The van der Waals surface area contributed by atoms with Crippen LogP contribution >= 0.6 is 0 Å². The van der Waals surface area contributed by atoms with Crippen LogP contribution in [0.25, 0.3) is 0 Å². The Kier molecular flexibility index (Phi) is 6.02. The van der Waals surface area contributed by atoms with Gasteiger partial charge >= 0.3 is 12.3 Å². The molecule has 0 bridgehead atoms. The molecule has 0 saturated heterocycles. The Morgan fingerprint density at radius 3 is 2.19 bits per heavy atom. The van der Waals surface area contributed by atoms with E-state index in [-0.39, 0.29) is 23.9 Å². The summed E-state index contributed by atoms with van der Waals surface area (Å²) in [4.78, 5) is 27.1. The van der Waals surface area contributed by atoms with Crippen molar-refractivity contribution >= 4 is 12.0 Å². The number of amides is 2. The molecule has 1 aromatic carbocycles. The van der Waals surface area contributed by atoms with Gasteiger partial charge in [-0.2, -0.15) is 13.2 Å². The number of nitrogens with one attached hydrogen (secondary N) is 1. The lowest BCUT2D eigenvalue weighted by molar-refractivity contribution is -0.140. The maximum Gasteiger partial charge on any atom is 0.419 e. The lowest BCUT2D eigenvalue weighted by Gasteiger charge is -2.39. The van der Waals surface area contributed by atoms with Gasteiger partial charge in [0.1, 0.15) is 11.4 Å². The third kappa shape index (κ3) is 5.53. The Bertz CT molecular complexity index is 897. The number of hydrogen-bond donors (Lipinski definition) is 1. The van der Waals surface area contributed by atoms with Crippen molar-refractivity contribution in [3.8, 4) is 0 Å². The van der Waals surface area contributed by atoms with E-state index >= 15 is 0 Å². The predicted molar refractivity (Wildman–Crippen MR) is 110 cm³/mol. The number of halogens is 4. The van der Waals surface area contributed by atoms with Crippen molar-refractivity contribution < 1.29 is 31.9 Å². The van der Waals surface area contributed by atoms with E-state index in [1.165, 1.54) is 6.07 Å². The summed E-state index contributed by atoms with van der Waals surface area (Å²) < 4.78 is 59.1. The summed E-state index contributed by atoms with van der Waals surface area (Å²) in [6.45, 7) is 8.73. The van der Waals surface area contributed by atoms with E-state index in [4.69, 9.17) is 4.74 Å². The molecule has 0 atom stereocenters. The van der Waals surface area contributed by atoms with Crippen molar-refractivity contribution in [2.45, 2.75) is 83.2 Å². The molecule has 2 amide bonds. The summed E-state index contributed by atoms with van der Waals surface area (Å²) >= 11 is 0. The topological polar surface area (TPSA) is 58.6 Å². The van der Waals surface area contributed by atoms with Crippen LogP contribution in [0.1, 0.15) is 71.4 Å². The van der Waals surface area contributed by atoms with E-state index in [1.54, 1.807) is 39.5 Å². The van der Waals surface area contributed by atoms with Gasteiger partial charge in [0, 0.05) is 12.5 Å². The third-order valence-corrected chi connectivity index (χ3v) is 5.63. The quantitative estimate of drug-likeness (QED) is 0.583. The number of rotatable bonds is 6. The standard InChI is InChI=1S/C23H30F4N2O3/c1-20(2,3)32-19(31)28-21(4,5)13-29(18(30)14-6-7-14)22(10-11-22)15-8-9-17(24)16(12-15)23(25,26)27/h8-9,12,14H,6-7,10-11,13H2,1-5H3,(H,28,31). The van der Waals surface area contributed by atoms with Gasteiger partial charge in [0.15, 0.2) is 0 Å². The molecule has 2 aliphatic carbocycles. The Hall–Kier alpha value is -2.32. The van der Waals surface area contributed by atoms with E-state index < -0.39 is 40.3 Å². The molecule has 2 saturated carbocycles. The van der Waals surface area contributed by atoms with Crippen molar-refractivity contribution in [3.05, 3.63) is 35.1 Å². The summed E-state index contributed by atoms with van der Waals surface area (Å²) in [5, 5.41) is 2.76. The lowest BCUT2D eigenvalue weighted by Crippen LogP contribution is -2.56. The van der Waals surface area contributed by atoms with Crippen molar-refractivity contribution in [1.82, 2.24) is 10.2 Å². The molecule has 0 unspecified atom stereocenters. The van der Waals surface area contributed by atoms with Crippen LogP contribution in [0.5, 0.6) is 0 Å². The largest absolute Gasteiger partial charge is 0.444 e. The van der Waals surface area contributed by atoms with Gasteiger partial charge in [-0.15, -0.1) is 0 Å². The molecule has 1 N–H and O–H groups in total. The minimum atomic E-state index is -4.83. The molecular formula is C23H30F4N2O3. The first-order valence-corrected chi connectivity index (χ1v) is 10.7. The smallest absolute Gasteiger partial charge is 0.419 e. The van der Waals surface area contributed by atoms with E-state index in [0.29, 0.717) is 12.8 Å². The number of hydrogen-bond acceptors (Lipinski definition) is 3. The second-order valence-corrected chi connectivity index (χ2v) is 10.4. The second-order valence-electron chi connectivity index (χ2n) is 10.4. The molecule has 3 rings (SSSR count). The van der Waals surface area contributed by atoms with Gasteiger partial charge in [0.05, 0.1) is 16.6 Å². The summed E-state index contributed by atoms with van der Waals surface area (Å²) in [7, 11) is 0. The highest BCUT2D eigenvalue weighted by Crippen LogP contribution is 2.54. The Morgan fingerprint density at radius 1 is 1.12 bits per heavy atom. The highest BCUT2D eigenvalue weighted by molar-refractivity contribution is 5.82. The van der Waals surface area contributed by atoms with Crippen molar-refractivity contribution in [2.24, 2.45) is 5.92 Å². The highest BCUT2D eigenvalue weighted by Gasteiger charge is 2.55. The molecule has 0 aromatic heterocycles. The maximum absolute atomic E-state index is 13.9. The van der Waals surface area contributed by atoms with Gasteiger partial charge < -0.3 is 15.0 Å². The number of carbonyl (C=O) groups is 2. The van der Waals surface area contributed by atoms with Crippen LogP contribution in [0.2, 0.25) is 0 Å². The van der Waals surface area contributed by atoms with E-state index in [1.807, 2.05) is 0 Å². The molecule has 32 heavy (non-hydrogen) atoms. The summed E-state index contributed by atoms with van der Waals surface area (Å²) in [6.07, 6.45) is -3.09. The zero-order valence-corrected chi connectivity index (χ0v) is 19.0. The van der Waals surface area contributed by atoms with Crippen molar-refractivity contribution in [1.29, 1.82) is 0 Å². The molecule has 0 heterocycles. The predicted octanol–water partition coefficient (Wildman–Crippen LogP) is 5.38. The fraction of sp³-hybridized carbons (Fsp3) is 0.652. The van der Waals surface area contributed by atoms with Crippen LogP contribution in [-0.4, -0.2) is 34.6 Å². The van der Waals surface area contributed by atoms with Crippen LogP contribution in [0, 0.1) is 11.7 Å². The van der Waals surface area contributed by atoms with Gasteiger partial charge in [-0.3, -0.25) is 4.79 Å². The molecule has 5 nitrogen and oxygen atoms in total. The SMILES string of the molecule is CC(C)(CN(C(=O)C1CC1)C1(c2ccc(F)c(C(F)(F)F)c2)CC1)NC(=O)OC(C)(C)C. The van der Waals surface area contributed by atoms with Crippen LogP contribution in [0.3, 0.4) is 0 Å². The Balaban J connectivity index is 1.90. The fourth-order valence-electron chi connectivity index (χ4n) is 3.87. The molecule has 0 radical (unpaired) electrons. The van der Waals surface area contributed by atoms with Gasteiger partial charge in [-0.05, 0) is 78.0 Å². The zero-order valence-electron chi connectivity index (χ0n) is 19.0. The van der Waals surface area contributed by atoms with E-state index in [0.717, 1.165) is 25.0 Å². The van der Waals surface area contributed by atoms with E-state index in [2.05, 4.69) is 5.32 Å². The molecule has 9 heteroatoms. The first-order chi connectivity index (χ1) is 14.5. The third-order valence-electron chi connectivity index (χ3n) is 5.63. The van der Waals surface area contributed by atoms with Gasteiger partial charge in [-0.1, -0.05) is 6.07 Å². The number of carbonyl (C=O) groups excluding carboxylic acids is 2.